The summed E-state index contributed by atoms with van der Waals surface area (Å²) in [6.45, 7) is 0. The molecule has 0 aliphatic rings. The van der Waals surface area contributed by atoms with Gasteiger partial charge in [0.15, 0.2) is 0 Å². The first-order valence-electron chi connectivity index (χ1n) is 15.7. The van der Waals surface area contributed by atoms with Gasteiger partial charge in [-0.2, -0.15) is 0 Å². The molecule has 1 heterocycles. The summed E-state index contributed by atoms with van der Waals surface area (Å²) in [5, 5.41) is 2.46. The normalized spacial score (nSPS) is 11.4. The van der Waals surface area contributed by atoms with Crippen LogP contribution in [-0.2, 0) is 0 Å². The second kappa shape index (κ2) is 12.1. The number of rotatable bonds is 7. The first-order chi connectivity index (χ1) is 22.8. The summed E-state index contributed by atoms with van der Waals surface area (Å²) in [7, 11) is 0. The molecule has 2 nitrogen and oxygen atoms in total. The topological polar surface area (TPSA) is 8.17 Å². The lowest BCUT2D eigenvalue weighted by molar-refractivity contribution is 1.18. The molecule has 0 spiro atoms. The first-order valence-corrected chi connectivity index (χ1v) is 15.7. The number of hydrogen-bond acceptors (Lipinski definition) is 1. The van der Waals surface area contributed by atoms with Gasteiger partial charge in [0.1, 0.15) is 0 Å². The van der Waals surface area contributed by atoms with E-state index in [-0.39, 0.29) is 0 Å². The van der Waals surface area contributed by atoms with Crippen LogP contribution in [0.3, 0.4) is 0 Å². The molecule has 7 aromatic carbocycles. The summed E-state index contributed by atoms with van der Waals surface area (Å²) in [5.74, 6) is 0. The first kappa shape index (κ1) is 27.4. The second-order valence-corrected chi connectivity index (χ2v) is 11.4. The number of hydrogen-bond donors (Lipinski definition) is 0. The highest BCUT2D eigenvalue weighted by Crippen LogP contribution is 2.43. The van der Waals surface area contributed by atoms with E-state index >= 15 is 0 Å². The molecule has 0 radical (unpaired) electrons. The van der Waals surface area contributed by atoms with Crippen molar-refractivity contribution in [2.24, 2.45) is 0 Å². The highest BCUT2D eigenvalue weighted by Gasteiger charge is 2.19. The summed E-state index contributed by atoms with van der Waals surface area (Å²) >= 11 is 0. The van der Waals surface area contributed by atoms with E-state index in [0.717, 1.165) is 28.3 Å². The lowest BCUT2D eigenvalue weighted by Crippen LogP contribution is -2.11. The lowest BCUT2D eigenvalue weighted by Gasteiger charge is -2.28. The van der Waals surface area contributed by atoms with E-state index in [1.54, 1.807) is 0 Å². The Balaban J connectivity index is 1.30. The van der Waals surface area contributed by atoms with E-state index in [0.29, 0.717) is 0 Å². The van der Waals surface area contributed by atoms with E-state index in [9.17, 15) is 0 Å². The van der Waals surface area contributed by atoms with E-state index < -0.39 is 0 Å². The van der Waals surface area contributed by atoms with Crippen molar-refractivity contribution in [2.45, 2.75) is 0 Å². The Morgan fingerprint density at radius 1 is 0.413 bits per heavy atom. The minimum atomic E-state index is 1.10. The van der Waals surface area contributed by atoms with Gasteiger partial charge in [0.2, 0.25) is 0 Å². The molecular weight excluding hydrogens is 556 g/mol. The average Bonchev–Trinajstić information content (AvgIpc) is 3.47. The molecule has 0 bridgehead atoms. The number of fused-ring (bicyclic) bond motifs is 3. The van der Waals surface area contributed by atoms with Crippen LogP contribution < -0.4 is 4.90 Å². The highest BCUT2D eigenvalue weighted by atomic mass is 15.1. The Kier molecular flexibility index (Phi) is 7.22. The molecule has 0 saturated heterocycles. The average molecular weight is 589 g/mol. The second-order valence-electron chi connectivity index (χ2n) is 11.4. The van der Waals surface area contributed by atoms with Gasteiger partial charge in [-0.15, -0.1) is 0 Å². The third-order valence-corrected chi connectivity index (χ3v) is 8.58. The summed E-state index contributed by atoms with van der Waals surface area (Å²) in [5.41, 5.74) is 11.6. The van der Waals surface area contributed by atoms with Crippen molar-refractivity contribution >= 4 is 51.0 Å². The molecule has 2 heteroatoms. The SMILES string of the molecule is C(=C\c1ccc(N(c2ccc3c(c2)c2ccccc2n3-c2ccccc2)c2ccccc2-c2ccccc2)cc1)/c1ccccc1. The molecule has 0 aliphatic carbocycles. The van der Waals surface area contributed by atoms with Crippen molar-refractivity contribution in [2.75, 3.05) is 4.90 Å². The van der Waals surface area contributed by atoms with E-state index in [1.807, 2.05) is 6.07 Å². The van der Waals surface area contributed by atoms with Crippen molar-refractivity contribution < 1.29 is 0 Å². The van der Waals surface area contributed by atoms with Crippen LogP contribution in [0, 0.1) is 0 Å². The molecule has 0 fully saturated rings. The minimum Gasteiger partial charge on any atom is -0.310 e. The molecule has 0 N–H and O–H groups in total. The van der Waals surface area contributed by atoms with Gasteiger partial charge in [0.05, 0.1) is 16.7 Å². The molecular formula is C44H32N2. The van der Waals surface area contributed by atoms with E-state index in [4.69, 9.17) is 0 Å². The van der Waals surface area contributed by atoms with Crippen LogP contribution >= 0.6 is 0 Å². The Labute approximate surface area is 269 Å². The smallest absolute Gasteiger partial charge is 0.0542 e. The monoisotopic (exact) mass is 588 g/mol. The van der Waals surface area contributed by atoms with Crippen molar-refractivity contribution in [1.82, 2.24) is 4.57 Å². The third-order valence-electron chi connectivity index (χ3n) is 8.58. The van der Waals surface area contributed by atoms with E-state index in [1.165, 1.54) is 38.5 Å². The number of aromatic nitrogens is 1. The van der Waals surface area contributed by atoms with Crippen molar-refractivity contribution in [1.29, 1.82) is 0 Å². The standard InChI is InChI=1S/C44H32N2/c1-4-14-33(15-5-1)24-25-34-26-28-37(29-27-34)45(42-22-12-10-20-39(42)35-16-6-2-7-17-35)38-30-31-44-41(32-38)40-21-11-13-23-43(40)46(44)36-18-8-3-9-19-36/h1-32H/b25-24+. The maximum Gasteiger partial charge on any atom is 0.0542 e. The predicted octanol–water partition coefficient (Wildman–Crippen LogP) is 12.1. The molecule has 1 aromatic heterocycles. The fraction of sp³-hybridized carbons (Fsp3) is 0. The molecule has 218 valence electrons. The van der Waals surface area contributed by atoms with Gasteiger partial charge >= 0.3 is 0 Å². The molecule has 0 aliphatic heterocycles. The molecule has 0 amide bonds. The van der Waals surface area contributed by atoms with Crippen molar-refractivity contribution in [3.63, 3.8) is 0 Å². The van der Waals surface area contributed by atoms with E-state index in [2.05, 4.69) is 198 Å². The van der Waals surface area contributed by atoms with Gasteiger partial charge in [-0.1, -0.05) is 140 Å². The molecule has 0 saturated carbocycles. The van der Waals surface area contributed by atoms with Crippen LogP contribution in [0.15, 0.2) is 182 Å². The summed E-state index contributed by atoms with van der Waals surface area (Å²) in [6.07, 6.45) is 4.33. The van der Waals surface area contributed by atoms with Gasteiger partial charge < -0.3 is 9.47 Å². The van der Waals surface area contributed by atoms with Gasteiger partial charge in [-0.05, 0) is 71.3 Å². The molecule has 8 rings (SSSR count). The van der Waals surface area contributed by atoms with Crippen LogP contribution in [0.5, 0.6) is 0 Å². The van der Waals surface area contributed by atoms with Crippen LogP contribution in [0.2, 0.25) is 0 Å². The van der Waals surface area contributed by atoms with Crippen LogP contribution in [0.1, 0.15) is 11.1 Å². The van der Waals surface area contributed by atoms with Crippen LogP contribution in [0.4, 0.5) is 17.1 Å². The van der Waals surface area contributed by atoms with Crippen LogP contribution in [0.25, 0.3) is 50.8 Å². The molecule has 46 heavy (non-hydrogen) atoms. The van der Waals surface area contributed by atoms with Gasteiger partial charge in [0.25, 0.3) is 0 Å². The zero-order valence-electron chi connectivity index (χ0n) is 25.4. The molecule has 0 unspecified atom stereocenters. The molecule has 0 atom stereocenters. The highest BCUT2D eigenvalue weighted by molar-refractivity contribution is 6.10. The lowest BCUT2D eigenvalue weighted by atomic mass is 10.0. The zero-order chi connectivity index (χ0) is 30.7. The Bertz CT molecular complexity index is 2280. The Morgan fingerprint density at radius 3 is 1.74 bits per heavy atom. The Morgan fingerprint density at radius 2 is 0.978 bits per heavy atom. The summed E-state index contributed by atoms with van der Waals surface area (Å²) < 4.78 is 2.37. The largest absolute Gasteiger partial charge is 0.310 e. The number of para-hydroxylation sites is 3. The number of nitrogens with zero attached hydrogens (tertiary/aromatic N) is 2. The number of benzene rings is 7. The third kappa shape index (κ3) is 5.16. The van der Waals surface area contributed by atoms with Gasteiger partial charge in [-0.25, -0.2) is 0 Å². The maximum absolute atomic E-state index is 2.39. The minimum absolute atomic E-state index is 1.10. The fourth-order valence-electron chi connectivity index (χ4n) is 6.40. The zero-order valence-corrected chi connectivity index (χ0v) is 25.4. The van der Waals surface area contributed by atoms with Crippen molar-refractivity contribution in [3.8, 4) is 16.8 Å². The van der Waals surface area contributed by atoms with Crippen LogP contribution in [-0.4, -0.2) is 4.57 Å². The number of anilines is 3. The quantitative estimate of drug-likeness (QED) is 0.168. The van der Waals surface area contributed by atoms with Gasteiger partial charge in [-0.3, -0.25) is 0 Å². The molecule has 8 aromatic rings. The van der Waals surface area contributed by atoms with Crippen molar-refractivity contribution in [3.05, 3.63) is 193 Å². The Hall–Kier alpha value is -6.12. The fourth-order valence-corrected chi connectivity index (χ4v) is 6.40. The van der Waals surface area contributed by atoms with Gasteiger partial charge in [0, 0.05) is 33.4 Å². The predicted molar refractivity (Wildman–Crippen MR) is 196 cm³/mol. The summed E-state index contributed by atoms with van der Waals surface area (Å²) in [6, 6.07) is 64.8. The maximum atomic E-state index is 2.39. The summed E-state index contributed by atoms with van der Waals surface area (Å²) in [4.78, 5) is 2.39.